The van der Waals surface area contributed by atoms with Crippen molar-refractivity contribution in [3.8, 4) is 0 Å². The van der Waals surface area contributed by atoms with E-state index in [1.54, 1.807) is 0 Å². The van der Waals surface area contributed by atoms with Crippen molar-refractivity contribution in [3.05, 3.63) is 0 Å². The first kappa shape index (κ1) is 16.4. The van der Waals surface area contributed by atoms with E-state index in [1.807, 2.05) is 20.8 Å². The van der Waals surface area contributed by atoms with Crippen LogP contribution in [0, 0.1) is 5.41 Å². The molecular formula is C15H31N3O. The molecule has 0 aliphatic carbocycles. The van der Waals surface area contributed by atoms with Crippen LogP contribution in [0.2, 0.25) is 0 Å². The van der Waals surface area contributed by atoms with E-state index in [1.165, 1.54) is 0 Å². The molecule has 0 saturated carbocycles. The minimum Gasteiger partial charge on any atom is -0.352 e. The molecule has 0 aromatic carbocycles. The summed E-state index contributed by atoms with van der Waals surface area (Å²) in [6, 6.07) is -0.160. The van der Waals surface area contributed by atoms with Gasteiger partial charge in [-0.25, -0.2) is 0 Å². The molecule has 1 amide bonds. The minimum absolute atomic E-state index is 0.0123. The number of amides is 1. The van der Waals surface area contributed by atoms with Gasteiger partial charge in [0.2, 0.25) is 5.91 Å². The number of nitrogens with zero attached hydrogens (tertiary/aromatic N) is 1. The Labute approximate surface area is 118 Å². The first-order valence-electron chi connectivity index (χ1n) is 7.33. The van der Waals surface area contributed by atoms with Crippen LogP contribution >= 0.6 is 0 Å². The van der Waals surface area contributed by atoms with Crippen LogP contribution in [0.4, 0.5) is 0 Å². The lowest BCUT2D eigenvalue weighted by Gasteiger charge is -2.41. The molecule has 19 heavy (non-hydrogen) atoms. The number of nitrogens with one attached hydrogen (secondary N) is 1. The van der Waals surface area contributed by atoms with Gasteiger partial charge in [-0.05, 0) is 39.0 Å². The molecule has 112 valence electrons. The van der Waals surface area contributed by atoms with E-state index < -0.39 is 6.04 Å². The van der Waals surface area contributed by atoms with Gasteiger partial charge in [-0.15, -0.1) is 0 Å². The van der Waals surface area contributed by atoms with Gasteiger partial charge in [0.25, 0.3) is 0 Å². The fraction of sp³-hybridized carbons (Fsp3) is 0.933. The largest absolute Gasteiger partial charge is 0.352 e. The van der Waals surface area contributed by atoms with E-state index in [9.17, 15) is 4.79 Å². The number of carbonyl (C=O) groups is 1. The van der Waals surface area contributed by atoms with Crippen LogP contribution in [-0.4, -0.2) is 41.5 Å². The van der Waals surface area contributed by atoms with Crippen molar-refractivity contribution in [2.24, 2.45) is 11.1 Å². The number of likely N-dealkylation sites (tertiary alicyclic amines) is 1. The maximum atomic E-state index is 12.1. The first-order valence-corrected chi connectivity index (χ1v) is 7.33. The molecule has 1 aliphatic heterocycles. The number of hydrogen-bond acceptors (Lipinski definition) is 3. The Kier molecular flexibility index (Phi) is 5.02. The van der Waals surface area contributed by atoms with Gasteiger partial charge in [0.05, 0.1) is 6.04 Å². The Morgan fingerprint density at radius 2 is 1.63 bits per heavy atom. The predicted molar refractivity (Wildman–Crippen MR) is 79.9 cm³/mol. The molecule has 0 aromatic rings. The summed E-state index contributed by atoms with van der Waals surface area (Å²) in [5.74, 6) is -0.0123. The fourth-order valence-electron chi connectivity index (χ4n) is 2.38. The molecule has 1 heterocycles. The number of nitrogens with two attached hydrogens (primary N) is 1. The molecule has 4 nitrogen and oxygen atoms in total. The van der Waals surface area contributed by atoms with E-state index in [0.717, 1.165) is 25.9 Å². The van der Waals surface area contributed by atoms with Crippen molar-refractivity contribution in [3.63, 3.8) is 0 Å². The molecule has 0 radical (unpaired) electrons. The molecular weight excluding hydrogens is 238 g/mol. The van der Waals surface area contributed by atoms with Crippen molar-refractivity contribution in [2.45, 2.75) is 72.0 Å². The smallest absolute Gasteiger partial charge is 0.237 e. The maximum absolute atomic E-state index is 12.1. The van der Waals surface area contributed by atoms with Gasteiger partial charge in [-0.1, -0.05) is 20.8 Å². The highest BCUT2D eigenvalue weighted by Crippen LogP contribution is 2.21. The standard InChI is InChI=1S/C15H31N3O/c1-14(2,3)12(16)13(19)17-11-7-9-18(10-8-11)15(4,5)6/h11-12H,7-10,16H2,1-6H3,(H,17,19)/t12-/m0/s1. The van der Waals surface area contributed by atoms with Crippen LogP contribution in [0.3, 0.4) is 0 Å². The van der Waals surface area contributed by atoms with Crippen molar-refractivity contribution in [2.75, 3.05) is 13.1 Å². The first-order chi connectivity index (χ1) is 8.51. The molecule has 0 spiro atoms. The summed E-state index contributed by atoms with van der Waals surface area (Å²) in [4.78, 5) is 14.6. The summed E-state index contributed by atoms with van der Waals surface area (Å²) in [5, 5.41) is 3.11. The SMILES string of the molecule is CC(C)(C)[C@@H](N)C(=O)NC1CCN(C(C)(C)C)CC1. The van der Waals surface area contributed by atoms with E-state index >= 15 is 0 Å². The monoisotopic (exact) mass is 269 g/mol. The molecule has 0 aromatic heterocycles. The predicted octanol–water partition coefficient (Wildman–Crippen LogP) is 1.74. The molecule has 0 bridgehead atoms. The summed E-state index contributed by atoms with van der Waals surface area (Å²) >= 11 is 0. The zero-order valence-electron chi connectivity index (χ0n) is 13.4. The fourth-order valence-corrected chi connectivity index (χ4v) is 2.38. The molecule has 1 aliphatic rings. The highest BCUT2D eigenvalue weighted by Gasteiger charge is 2.31. The van der Waals surface area contributed by atoms with E-state index in [0.29, 0.717) is 0 Å². The molecule has 3 N–H and O–H groups in total. The number of piperidine rings is 1. The van der Waals surface area contributed by atoms with Gasteiger partial charge in [0, 0.05) is 24.7 Å². The van der Waals surface area contributed by atoms with Crippen LogP contribution in [0.1, 0.15) is 54.4 Å². The van der Waals surface area contributed by atoms with Gasteiger partial charge < -0.3 is 11.1 Å². The molecule has 4 heteroatoms. The zero-order valence-corrected chi connectivity index (χ0v) is 13.4. The van der Waals surface area contributed by atoms with Crippen molar-refractivity contribution >= 4 is 5.91 Å². The van der Waals surface area contributed by atoms with Crippen LogP contribution in [0.25, 0.3) is 0 Å². The Hall–Kier alpha value is -0.610. The van der Waals surface area contributed by atoms with Crippen molar-refractivity contribution in [1.29, 1.82) is 0 Å². The van der Waals surface area contributed by atoms with Gasteiger partial charge in [-0.3, -0.25) is 9.69 Å². The lowest BCUT2D eigenvalue weighted by atomic mass is 9.86. The normalized spacial score (nSPS) is 21.2. The lowest BCUT2D eigenvalue weighted by molar-refractivity contribution is -0.125. The summed E-state index contributed by atoms with van der Waals surface area (Å²) in [5.41, 5.74) is 6.02. The van der Waals surface area contributed by atoms with E-state index in [-0.39, 0.29) is 22.9 Å². The van der Waals surface area contributed by atoms with E-state index in [2.05, 4.69) is 31.0 Å². The van der Waals surface area contributed by atoms with Gasteiger partial charge in [0.1, 0.15) is 0 Å². The van der Waals surface area contributed by atoms with Gasteiger partial charge in [0.15, 0.2) is 0 Å². The van der Waals surface area contributed by atoms with Crippen LogP contribution in [0.5, 0.6) is 0 Å². The molecule has 1 fully saturated rings. The van der Waals surface area contributed by atoms with Crippen LogP contribution < -0.4 is 11.1 Å². The minimum atomic E-state index is -0.437. The highest BCUT2D eigenvalue weighted by atomic mass is 16.2. The Morgan fingerprint density at radius 1 is 1.16 bits per heavy atom. The molecule has 1 saturated heterocycles. The lowest BCUT2D eigenvalue weighted by Crippen LogP contribution is -2.55. The second kappa shape index (κ2) is 5.80. The topological polar surface area (TPSA) is 58.4 Å². The zero-order chi connectivity index (χ0) is 14.8. The Balaban J connectivity index is 2.44. The Bertz CT molecular complexity index is 306. The quantitative estimate of drug-likeness (QED) is 0.803. The maximum Gasteiger partial charge on any atom is 0.237 e. The number of hydrogen-bond donors (Lipinski definition) is 2. The Morgan fingerprint density at radius 3 is 2.00 bits per heavy atom. The summed E-state index contributed by atoms with van der Waals surface area (Å²) in [7, 11) is 0. The molecule has 1 atom stereocenters. The summed E-state index contributed by atoms with van der Waals surface area (Å²) < 4.78 is 0. The molecule has 0 unspecified atom stereocenters. The second-order valence-corrected chi connectivity index (χ2v) is 7.78. The second-order valence-electron chi connectivity index (χ2n) is 7.78. The third-order valence-corrected chi connectivity index (χ3v) is 4.01. The third-order valence-electron chi connectivity index (χ3n) is 4.01. The van der Waals surface area contributed by atoms with Gasteiger partial charge >= 0.3 is 0 Å². The molecule has 1 rings (SSSR count). The number of rotatable bonds is 2. The average molecular weight is 269 g/mol. The van der Waals surface area contributed by atoms with E-state index in [4.69, 9.17) is 5.73 Å². The van der Waals surface area contributed by atoms with Crippen LogP contribution in [-0.2, 0) is 4.79 Å². The third kappa shape index (κ3) is 4.77. The highest BCUT2D eigenvalue weighted by molar-refractivity contribution is 5.82. The van der Waals surface area contributed by atoms with Crippen molar-refractivity contribution in [1.82, 2.24) is 10.2 Å². The van der Waals surface area contributed by atoms with Crippen molar-refractivity contribution < 1.29 is 4.79 Å². The number of carbonyl (C=O) groups excluding carboxylic acids is 1. The van der Waals surface area contributed by atoms with Gasteiger partial charge in [-0.2, -0.15) is 0 Å². The summed E-state index contributed by atoms with van der Waals surface area (Å²) in [6.07, 6.45) is 2.03. The average Bonchev–Trinajstić information content (AvgIpc) is 2.26. The summed E-state index contributed by atoms with van der Waals surface area (Å²) in [6.45, 7) is 14.8. The van der Waals surface area contributed by atoms with Crippen LogP contribution in [0.15, 0.2) is 0 Å².